The Bertz CT molecular complexity index is 456. The minimum atomic E-state index is -0.616. The number of aromatic nitrogens is 3. The van der Waals surface area contributed by atoms with Gasteiger partial charge in [-0.3, -0.25) is 4.79 Å². The molecule has 1 aromatic heterocycles. The first-order valence-corrected chi connectivity index (χ1v) is 5.71. The molecule has 8 nitrogen and oxygen atoms in total. The maximum Gasteiger partial charge on any atom is 0.360 e. The highest BCUT2D eigenvalue weighted by molar-refractivity contribution is 5.89. The van der Waals surface area contributed by atoms with Crippen molar-refractivity contribution in [3.8, 4) is 0 Å². The molecule has 0 saturated heterocycles. The lowest BCUT2D eigenvalue weighted by Gasteiger charge is -2.11. The summed E-state index contributed by atoms with van der Waals surface area (Å²) in [6.07, 6.45) is -0.0681. The van der Waals surface area contributed by atoms with Crippen molar-refractivity contribution in [2.24, 2.45) is 0 Å². The molecule has 0 aliphatic carbocycles. The molecule has 8 heteroatoms. The molecule has 0 atom stereocenters. The van der Waals surface area contributed by atoms with Crippen molar-refractivity contribution in [2.75, 3.05) is 34.9 Å². The number of nitrogens with zero attached hydrogens (tertiary/aromatic N) is 4. The summed E-state index contributed by atoms with van der Waals surface area (Å²) in [6.45, 7) is 1.22. The van der Waals surface area contributed by atoms with Crippen molar-refractivity contribution in [3.05, 3.63) is 11.4 Å². The van der Waals surface area contributed by atoms with Gasteiger partial charge >= 0.3 is 11.9 Å². The monoisotopic (exact) mass is 270 g/mol. The third-order valence-corrected chi connectivity index (χ3v) is 2.51. The summed E-state index contributed by atoms with van der Waals surface area (Å²) in [5.41, 5.74) is 0.451. The van der Waals surface area contributed by atoms with E-state index in [0.29, 0.717) is 18.8 Å². The molecule has 0 N–H and O–H groups in total. The van der Waals surface area contributed by atoms with Crippen molar-refractivity contribution >= 4 is 11.9 Å². The summed E-state index contributed by atoms with van der Waals surface area (Å²) in [7, 11) is 6.37. The van der Waals surface area contributed by atoms with Crippen LogP contribution in [0.15, 0.2) is 0 Å². The molecule has 106 valence electrons. The first-order valence-electron chi connectivity index (χ1n) is 5.71. The number of hydrogen-bond donors (Lipinski definition) is 0. The summed E-state index contributed by atoms with van der Waals surface area (Å²) < 4.78 is 10.7. The average Bonchev–Trinajstić information content (AvgIpc) is 2.78. The Hall–Kier alpha value is -1.96. The fourth-order valence-corrected chi connectivity index (χ4v) is 1.45. The fourth-order valence-electron chi connectivity index (χ4n) is 1.45. The quantitative estimate of drug-likeness (QED) is 0.634. The predicted molar refractivity (Wildman–Crippen MR) is 65.6 cm³/mol. The van der Waals surface area contributed by atoms with E-state index < -0.39 is 11.9 Å². The Kier molecular flexibility index (Phi) is 5.43. The van der Waals surface area contributed by atoms with E-state index in [-0.39, 0.29) is 12.1 Å². The zero-order valence-corrected chi connectivity index (χ0v) is 11.5. The Morgan fingerprint density at radius 1 is 1.26 bits per heavy atom. The van der Waals surface area contributed by atoms with Gasteiger partial charge in [-0.25, -0.2) is 9.48 Å². The lowest BCUT2D eigenvalue weighted by molar-refractivity contribution is -0.139. The molecular weight excluding hydrogens is 252 g/mol. The molecule has 1 rings (SSSR count). The SMILES string of the molecule is COC(=O)Cc1c(C(=O)OC)nnn1CCN(C)C. The first kappa shape index (κ1) is 15.1. The second-order valence-electron chi connectivity index (χ2n) is 4.16. The van der Waals surface area contributed by atoms with E-state index in [9.17, 15) is 9.59 Å². The van der Waals surface area contributed by atoms with E-state index in [2.05, 4.69) is 19.8 Å². The predicted octanol–water partition coefficient (Wildman–Crippen LogP) is -0.658. The van der Waals surface area contributed by atoms with E-state index in [1.165, 1.54) is 18.9 Å². The number of rotatable bonds is 6. The maximum absolute atomic E-state index is 11.6. The van der Waals surface area contributed by atoms with Crippen LogP contribution >= 0.6 is 0 Å². The molecule has 0 aliphatic rings. The summed E-state index contributed by atoms with van der Waals surface area (Å²) in [6, 6.07) is 0. The molecule has 0 amide bonds. The third kappa shape index (κ3) is 4.02. The van der Waals surface area contributed by atoms with Gasteiger partial charge in [-0.05, 0) is 14.1 Å². The summed E-state index contributed by atoms with van der Waals surface area (Å²) >= 11 is 0. The van der Waals surface area contributed by atoms with Gasteiger partial charge in [0.15, 0.2) is 5.69 Å². The van der Waals surface area contributed by atoms with E-state index in [1.807, 2.05) is 19.0 Å². The zero-order chi connectivity index (χ0) is 14.4. The Labute approximate surface area is 111 Å². The molecule has 0 unspecified atom stereocenters. The summed E-state index contributed by atoms with van der Waals surface area (Å²) in [4.78, 5) is 24.9. The van der Waals surface area contributed by atoms with Crippen LogP contribution in [0.2, 0.25) is 0 Å². The largest absolute Gasteiger partial charge is 0.469 e. The molecule has 19 heavy (non-hydrogen) atoms. The molecule has 0 bridgehead atoms. The van der Waals surface area contributed by atoms with Crippen molar-refractivity contribution in [1.29, 1.82) is 0 Å². The first-order chi connectivity index (χ1) is 8.99. The molecular formula is C11H18N4O4. The van der Waals surface area contributed by atoms with E-state index in [1.54, 1.807) is 0 Å². The minimum Gasteiger partial charge on any atom is -0.469 e. The molecule has 0 spiro atoms. The van der Waals surface area contributed by atoms with Crippen LogP contribution in [0.4, 0.5) is 0 Å². The smallest absolute Gasteiger partial charge is 0.360 e. The fraction of sp³-hybridized carbons (Fsp3) is 0.636. The van der Waals surface area contributed by atoms with Gasteiger partial charge in [-0.15, -0.1) is 5.10 Å². The standard InChI is InChI=1S/C11H18N4O4/c1-14(2)5-6-15-8(7-9(16)18-3)10(12-13-15)11(17)19-4/h5-7H2,1-4H3. The van der Waals surface area contributed by atoms with Gasteiger partial charge < -0.3 is 14.4 Å². The molecule has 0 aliphatic heterocycles. The number of carbonyl (C=O) groups is 2. The third-order valence-electron chi connectivity index (χ3n) is 2.51. The van der Waals surface area contributed by atoms with Gasteiger partial charge in [0.05, 0.1) is 32.9 Å². The van der Waals surface area contributed by atoms with Crippen molar-refractivity contribution < 1.29 is 19.1 Å². The Morgan fingerprint density at radius 3 is 2.47 bits per heavy atom. The molecule has 0 radical (unpaired) electrons. The molecule has 0 fully saturated rings. The van der Waals surface area contributed by atoms with Crippen LogP contribution in [0.1, 0.15) is 16.2 Å². The van der Waals surface area contributed by atoms with Crippen LogP contribution in [0.25, 0.3) is 0 Å². The zero-order valence-electron chi connectivity index (χ0n) is 11.5. The molecule has 1 heterocycles. The van der Waals surface area contributed by atoms with Gasteiger partial charge in [0, 0.05) is 6.54 Å². The number of methoxy groups -OCH3 is 2. The van der Waals surface area contributed by atoms with E-state index in [4.69, 9.17) is 0 Å². The molecule has 0 aromatic carbocycles. The summed E-state index contributed by atoms with van der Waals surface area (Å²) in [5.74, 6) is -1.08. The average molecular weight is 270 g/mol. The van der Waals surface area contributed by atoms with Crippen LogP contribution in [0.5, 0.6) is 0 Å². The van der Waals surface area contributed by atoms with E-state index >= 15 is 0 Å². The topological polar surface area (TPSA) is 86.5 Å². The van der Waals surface area contributed by atoms with Crippen LogP contribution in [0, 0.1) is 0 Å². The van der Waals surface area contributed by atoms with Crippen LogP contribution in [-0.4, -0.2) is 66.7 Å². The number of ether oxygens (including phenoxy) is 2. The number of carbonyl (C=O) groups excluding carboxylic acids is 2. The maximum atomic E-state index is 11.6. The normalized spacial score (nSPS) is 10.6. The Balaban J connectivity index is 2.99. The van der Waals surface area contributed by atoms with Gasteiger partial charge in [-0.2, -0.15) is 0 Å². The highest BCUT2D eigenvalue weighted by atomic mass is 16.5. The highest BCUT2D eigenvalue weighted by Gasteiger charge is 2.22. The second kappa shape index (κ2) is 6.83. The van der Waals surface area contributed by atoms with Gasteiger partial charge in [-0.1, -0.05) is 5.21 Å². The lowest BCUT2D eigenvalue weighted by atomic mass is 10.2. The van der Waals surface area contributed by atoms with Gasteiger partial charge in [0.2, 0.25) is 0 Å². The van der Waals surface area contributed by atoms with Crippen molar-refractivity contribution in [3.63, 3.8) is 0 Å². The molecule has 0 saturated carbocycles. The van der Waals surface area contributed by atoms with Crippen molar-refractivity contribution in [2.45, 2.75) is 13.0 Å². The van der Waals surface area contributed by atoms with Gasteiger partial charge in [0.1, 0.15) is 0 Å². The van der Waals surface area contributed by atoms with Crippen molar-refractivity contribution in [1.82, 2.24) is 19.9 Å². The number of hydrogen-bond acceptors (Lipinski definition) is 7. The highest BCUT2D eigenvalue weighted by Crippen LogP contribution is 2.09. The van der Waals surface area contributed by atoms with Crippen LogP contribution < -0.4 is 0 Å². The van der Waals surface area contributed by atoms with Gasteiger partial charge in [0.25, 0.3) is 0 Å². The van der Waals surface area contributed by atoms with E-state index in [0.717, 1.165) is 0 Å². The summed E-state index contributed by atoms with van der Waals surface area (Å²) in [5, 5.41) is 7.64. The van der Waals surface area contributed by atoms with Crippen LogP contribution in [-0.2, 0) is 27.2 Å². The Morgan fingerprint density at radius 2 is 1.95 bits per heavy atom. The number of likely N-dealkylation sites (N-methyl/N-ethyl adjacent to an activating group) is 1. The second-order valence-corrected chi connectivity index (χ2v) is 4.16. The minimum absolute atomic E-state index is 0.0478. The van der Waals surface area contributed by atoms with Crippen LogP contribution in [0.3, 0.4) is 0 Å². The lowest BCUT2D eigenvalue weighted by Crippen LogP contribution is -2.22. The molecule has 1 aromatic rings. The number of esters is 2.